The Morgan fingerprint density at radius 2 is 1.77 bits per heavy atom. The van der Waals surface area contributed by atoms with Crippen LogP contribution in [0, 0.1) is 22.7 Å². The van der Waals surface area contributed by atoms with Crippen LogP contribution in [0.3, 0.4) is 0 Å². The highest BCUT2D eigenvalue weighted by Crippen LogP contribution is 2.64. The number of epoxide rings is 1. The number of aromatic nitrogens is 1. The van der Waals surface area contributed by atoms with Crippen LogP contribution in [0.1, 0.15) is 71.2 Å². The lowest BCUT2D eigenvalue weighted by atomic mass is 9.48. The number of aliphatic hydroxyl groups is 1. The monoisotopic (exact) mass is 555 g/mol. The van der Waals surface area contributed by atoms with Crippen LogP contribution in [0.5, 0.6) is 0 Å². The molecule has 0 amide bonds. The average molecular weight is 556 g/mol. The fourth-order valence-corrected chi connectivity index (χ4v) is 7.82. The lowest BCUT2D eigenvalue weighted by molar-refractivity contribution is -0.215. The van der Waals surface area contributed by atoms with Crippen LogP contribution >= 0.6 is 0 Å². The van der Waals surface area contributed by atoms with Crippen LogP contribution in [-0.2, 0) is 33.3 Å². The van der Waals surface area contributed by atoms with Crippen molar-refractivity contribution >= 4 is 23.7 Å². The minimum absolute atomic E-state index is 0.103. The average Bonchev–Trinajstić information content (AvgIpc) is 3.67. The summed E-state index contributed by atoms with van der Waals surface area (Å²) in [5.41, 5.74) is -1.70. The summed E-state index contributed by atoms with van der Waals surface area (Å²) in [5, 5.41) is 11.2. The summed E-state index contributed by atoms with van der Waals surface area (Å²) in [7, 11) is 0. The van der Waals surface area contributed by atoms with Crippen LogP contribution in [0.15, 0.2) is 35.7 Å². The maximum atomic E-state index is 13.6. The van der Waals surface area contributed by atoms with E-state index in [0.717, 1.165) is 0 Å². The Hall–Kier alpha value is -3.11. The Bertz CT molecular complexity index is 1270. The molecule has 8 atom stereocenters. The molecule has 4 aliphatic rings. The summed E-state index contributed by atoms with van der Waals surface area (Å²) in [4.78, 5) is 56.4. The lowest BCUT2D eigenvalue weighted by Crippen LogP contribution is -2.68. The van der Waals surface area contributed by atoms with Gasteiger partial charge >= 0.3 is 17.9 Å². The third-order valence-electron chi connectivity index (χ3n) is 9.74. The summed E-state index contributed by atoms with van der Waals surface area (Å²) in [6.45, 7) is 10.3. The number of carbonyl (C=O) groups excluding carboxylic acids is 4. The van der Waals surface area contributed by atoms with Crippen molar-refractivity contribution in [3.8, 4) is 0 Å². The second kappa shape index (κ2) is 9.76. The Morgan fingerprint density at radius 3 is 2.35 bits per heavy atom. The summed E-state index contributed by atoms with van der Waals surface area (Å²) < 4.78 is 24.4. The lowest BCUT2D eigenvalue weighted by Gasteiger charge is -2.60. The van der Waals surface area contributed by atoms with E-state index in [0.29, 0.717) is 24.0 Å². The van der Waals surface area contributed by atoms with Crippen molar-refractivity contribution in [3.63, 3.8) is 0 Å². The van der Waals surface area contributed by atoms with E-state index in [2.05, 4.69) is 4.98 Å². The highest BCUT2D eigenvalue weighted by atomic mass is 16.6. The molecule has 1 spiro atoms. The number of allylic oxidation sites excluding steroid dienone is 1. The first-order chi connectivity index (χ1) is 18.7. The molecule has 0 aromatic carbocycles. The third-order valence-corrected chi connectivity index (χ3v) is 9.74. The van der Waals surface area contributed by atoms with Crippen molar-refractivity contribution in [1.29, 1.82) is 0 Å². The van der Waals surface area contributed by atoms with Crippen molar-refractivity contribution in [2.24, 2.45) is 22.7 Å². The standard InChI is InChI=1S/C30H37NO9/c1-15-20(34)12-19-23(38-16(2)32)25-29(6,10-9-21(35)30(25)14-37-30)26(40-27(36)18-8-7-11-31-13-18)24(39-17(3)33)22(15)28(19,4)5/h7-8,11,13,19,21,23-26,35H,9-10,12,14H2,1-6H3/t19-,21-,23+,24+,25-,26-,29+,30-/m0/s1. The van der Waals surface area contributed by atoms with Crippen LogP contribution in [-0.4, -0.2) is 70.4 Å². The van der Waals surface area contributed by atoms with E-state index in [4.69, 9.17) is 18.9 Å². The minimum atomic E-state index is -1.10. The molecule has 0 unspecified atom stereocenters. The van der Waals surface area contributed by atoms with Crippen molar-refractivity contribution in [3.05, 3.63) is 41.2 Å². The number of fused-ring (bicyclic) bond motifs is 4. The highest BCUT2D eigenvalue weighted by molar-refractivity contribution is 5.97. The van der Waals surface area contributed by atoms with E-state index < -0.39 is 70.6 Å². The van der Waals surface area contributed by atoms with Gasteiger partial charge in [0.1, 0.15) is 17.8 Å². The molecule has 2 heterocycles. The summed E-state index contributed by atoms with van der Waals surface area (Å²) in [6.07, 6.45) is -0.186. The molecule has 2 saturated carbocycles. The van der Waals surface area contributed by atoms with Crippen LogP contribution < -0.4 is 0 Å². The third kappa shape index (κ3) is 4.36. The van der Waals surface area contributed by atoms with E-state index >= 15 is 0 Å². The Morgan fingerprint density at radius 1 is 1.10 bits per heavy atom. The molecule has 3 aliphatic carbocycles. The predicted octanol–water partition coefficient (Wildman–Crippen LogP) is 2.96. The Balaban J connectivity index is 1.79. The molecule has 1 aromatic heterocycles. The number of ketones is 1. The van der Waals surface area contributed by atoms with Gasteiger partial charge in [-0.1, -0.05) is 20.8 Å². The van der Waals surface area contributed by atoms with Gasteiger partial charge in [-0.05, 0) is 48.5 Å². The molecule has 3 fully saturated rings. The second-order valence-electron chi connectivity index (χ2n) is 12.4. The van der Waals surface area contributed by atoms with Crippen molar-refractivity contribution in [2.45, 2.75) is 90.8 Å². The number of Topliss-reactive ketones (excluding diaryl/α,β-unsaturated/α-hetero) is 1. The largest absolute Gasteiger partial charge is 0.462 e. The number of hydrogen-bond donors (Lipinski definition) is 1. The van der Waals surface area contributed by atoms with Gasteiger partial charge in [-0.3, -0.25) is 19.4 Å². The van der Waals surface area contributed by atoms with E-state index in [1.807, 2.05) is 20.8 Å². The van der Waals surface area contributed by atoms with E-state index in [9.17, 15) is 24.3 Å². The summed E-state index contributed by atoms with van der Waals surface area (Å²) in [6, 6.07) is 3.19. The van der Waals surface area contributed by atoms with Crippen molar-refractivity contribution < 1.29 is 43.2 Å². The number of hydrogen-bond acceptors (Lipinski definition) is 10. The Kier molecular flexibility index (Phi) is 6.94. The first kappa shape index (κ1) is 28.4. The molecule has 40 heavy (non-hydrogen) atoms. The maximum Gasteiger partial charge on any atom is 0.340 e. The van der Waals surface area contributed by atoms with E-state index in [1.54, 1.807) is 19.1 Å². The number of carbonyl (C=O) groups is 4. The highest BCUT2D eigenvalue weighted by Gasteiger charge is 2.73. The topological polar surface area (TPSA) is 142 Å². The number of esters is 3. The maximum absolute atomic E-state index is 13.6. The second-order valence-corrected chi connectivity index (χ2v) is 12.4. The molecule has 5 rings (SSSR count). The summed E-state index contributed by atoms with van der Waals surface area (Å²) in [5.74, 6) is -3.15. The van der Waals surface area contributed by atoms with Gasteiger partial charge in [0.25, 0.3) is 0 Å². The molecule has 1 aromatic rings. The van der Waals surface area contributed by atoms with Gasteiger partial charge in [0, 0.05) is 49.9 Å². The zero-order valence-corrected chi connectivity index (χ0v) is 23.8. The zero-order chi connectivity index (χ0) is 29.2. The quantitative estimate of drug-likeness (QED) is 0.335. The molecule has 1 aliphatic heterocycles. The van der Waals surface area contributed by atoms with E-state index in [-0.39, 0.29) is 24.4 Å². The molecule has 216 valence electrons. The fourth-order valence-electron chi connectivity index (χ4n) is 7.82. The SMILES string of the molecule is CC(=O)O[C@@H]1[C@@H]2CC(=O)C(C)=C([C@@H](OC(C)=O)[C@H](OC(=O)c3cccnc3)[C@]3(C)CC[C@H](O)[C@@]4(CO4)[C@@H]13)C2(C)C. The molecule has 1 N–H and O–H groups in total. The number of rotatable bonds is 4. The first-order valence-electron chi connectivity index (χ1n) is 13.8. The van der Waals surface area contributed by atoms with Crippen LogP contribution in [0.2, 0.25) is 0 Å². The molecular weight excluding hydrogens is 518 g/mol. The van der Waals surface area contributed by atoms with E-state index in [1.165, 1.54) is 26.2 Å². The van der Waals surface area contributed by atoms with Gasteiger partial charge in [0.05, 0.1) is 18.3 Å². The van der Waals surface area contributed by atoms with Gasteiger partial charge in [0.2, 0.25) is 0 Å². The zero-order valence-electron chi connectivity index (χ0n) is 23.8. The van der Waals surface area contributed by atoms with Crippen molar-refractivity contribution in [2.75, 3.05) is 6.61 Å². The predicted molar refractivity (Wildman–Crippen MR) is 140 cm³/mol. The van der Waals surface area contributed by atoms with Crippen molar-refractivity contribution in [1.82, 2.24) is 4.98 Å². The van der Waals surface area contributed by atoms with Gasteiger partial charge in [-0.15, -0.1) is 0 Å². The summed E-state index contributed by atoms with van der Waals surface area (Å²) >= 11 is 0. The number of pyridine rings is 1. The van der Waals surface area contributed by atoms with Gasteiger partial charge in [-0.25, -0.2) is 4.79 Å². The van der Waals surface area contributed by atoms with Crippen LogP contribution in [0.4, 0.5) is 0 Å². The van der Waals surface area contributed by atoms with Gasteiger partial charge < -0.3 is 24.1 Å². The van der Waals surface area contributed by atoms with Gasteiger partial charge in [-0.2, -0.15) is 0 Å². The first-order valence-corrected chi connectivity index (χ1v) is 13.8. The Labute approximate surface area is 233 Å². The molecule has 2 bridgehead atoms. The molecule has 10 heteroatoms. The molecule has 0 radical (unpaired) electrons. The normalized spacial score (nSPS) is 38.0. The molecular formula is C30H37NO9. The number of aliphatic hydroxyl groups excluding tert-OH is 1. The molecule has 1 saturated heterocycles. The van der Waals surface area contributed by atoms with Gasteiger partial charge in [0.15, 0.2) is 11.9 Å². The smallest absolute Gasteiger partial charge is 0.340 e. The fraction of sp³-hybridized carbons (Fsp3) is 0.633. The van der Waals surface area contributed by atoms with Crippen LogP contribution in [0.25, 0.3) is 0 Å². The minimum Gasteiger partial charge on any atom is -0.462 e. The number of ether oxygens (including phenoxy) is 4. The number of nitrogens with zero attached hydrogens (tertiary/aromatic N) is 1. The molecule has 10 nitrogen and oxygen atoms in total.